The fourth-order valence-electron chi connectivity index (χ4n) is 3.72. The molecule has 5 nitrogen and oxygen atoms in total. The Morgan fingerprint density at radius 3 is 2.65 bits per heavy atom. The number of anilines is 1. The van der Waals surface area contributed by atoms with Crippen molar-refractivity contribution in [2.45, 2.75) is 44.3 Å². The van der Waals surface area contributed by atoms with E-state index in [0.29, 0.717) is 12.1 Å². The van der Waals surface area contributed by atoms with E-state index < -0.39 is 0 Å². The molecule has 2 atom stereocenters. The normalized spacial score (nSPS) is 20.0. The molecule has 0 spiro atoms. The Balaban J connectivity index is 1.68. The van der Waals surface area contributed by atoms with E-state index >= 15 is 0 Å². The van der Waals surface area contributed by atoms with Gasteiger partial charge in [0.2, 0.25) is 5.95 Å². The first-order chi connectivity index (χ1) is 12.7. The number of nitrogens with two attached hydrogens (primary N) is 1. The molecule has 1 aliphatic carbocycles. The number of hydrogen-bond donors (Lipinski definition) is 2. The van der Waals surface area contributed by atoms with E-state index in [1.165, 1.54) is 12.8 Å². The van der Waals surface area contributed by atoms with Crippen molar-refractivity contribution >= 4 is 17.0 Å². The molecule has 0 radical (unpaired) electrons. The minimum Gasteiger partial charge on any atom is -0.351 e. The molecule has 5 heteroatoms. The van der Waals surface area contributed by atoms with Gasteiger partial charge < -0.3 is 15.6 Å². The van der Waals surface area contributed by atoms with Gasteiger partial charge in [0.05, 0.1) is 29.2 Å². The molecule has 132 valence electrons. The first-order valence-electron chi connectivity index (χ1n) is 9.21. The molecule has 1 aromatic heterocycles. The van der Waals surface area contributed by atoms with Crippen LogP contribution in [0.5, 0.6) is 0 Å². The van der Waals surface area contributed by atoms with E-state index in [1.807, 2.05) is 42.5 Å². The molecule has 0 bridgehead atoms. The fourth-order valence-corrected chi connectivity index (χ4v) is 3.72. The van der Waals surface area contributed by atoms with Crippen molar-refractivity contribution < 1.29 is 0 Å². The summed E-state index contributed by atoms with van der Waals surface area (Å²) in [7, 11) is 0. The van der Waals surface area contributed by atoms with Gasteiger partial charge in [-0.15, -0.1) is 0 Å². The molecule has 0 unspecified atom stereocenters. The summed E-state index contributed by atoms with van der Waals surface area (Å²) in [5, 5.41) is 12.6. The van der Waals surface area contributed by atoms with Gasteiger partial charge in [0.15, 0.2) is 0 Å². The van der Waals surface area contributed by atoms with Crippen molar-refractivity contribution in [2.24, 2.45) is 5.73 Å². The Kier molecular flexibility index (Phi) is 4.59. The largest absolute Gasteiger partial charge is 0.351 e. The summed E-state index contributed by atoms with van der Waals surface area (Å²) in [5.41, 5.74) is 10.2. The lowest BCUT2D eigenvalue weighted by atomic mass is 9.91. The highest BCUT2D eigenvalue weighted by Crippen LogP contribution is 2.25. The van der Waals surface area contributed by atoms with E-state index in [2.05, 4.69) is 22.0 Å². The maximum absolute atomic E-state index is 8.99. The van der Waals surface area contributed by atoms with Gasteiger partial charge in [-0.1, -0.05) is 37.1 Å². The van der Waals surface area contributed by atoms with E-state index in [9.17, 15) is 0 Å². The first kappa shape index (κ1) is 16.6. The average Bonchev–Trinajstić information content (AvgIpc) is 3.01. The second-order valence-electron chi connectivity index (χ2n) is 7.02. The minimum atomic E-state index is 0.173. The van der Waals surface area contributed by atoms with E-state index in [-0.39, 0.29) is 12.1 Å². The number of imidazole rings is 1. The van der Waals surface area contributed by atoms with Gasteiger partial charge in [-0.3, -0.25) is 0 Å². The number of fused-ring (bicyclic) bond motifs is 1. The van der Waals surface area contributed by atoms with Crippen LogP contribution in [0.4, 0.5) is 5.95 Å². The molecule has 0 aliphatic heterocycles. The summed E-state index contributed by atoms with van der Waals surface area (Å²) in [4.78, 5) is 4.82. The lowest BCUT2D eigenvalue weighted by Crippen LogP contribution is -2.43. The van der Waals surface area contributed by atoms with Crippen LogP contribution in [0.2, 0.25) is 0 Å². The third-order valence-electron chi connectivity index (χ3n) is 5.21. The minimum absolute atomic E-state index is 0.173. The van der Waals surface area contributed by atoms with Crippen LogP contribution in [0, 0.1) is 11.3 Å². The van der Waals surface area contributed by atoms with Gasteiger partial charge in [0.25, 0.3) is 0 Å². The lowest BCUT2D eigenvalue weighted by molar-refractivity contribution is 0.401. The molecule has 26 heavy (non-hydrogen) atoms. The predicted molar refractivity (Wildman–Crippen MR) is 104 cm³/mol. The summed E-state index contributed by atoms with van der Waals surface area (Å²) in [6, 6.07) is 18.5. The van der Waals surface area contributed by atoms with Crippen LogP contribution >= 0.6 is 0 Å². The highest BCUT2D eigenvalue weighted by Gasteiger charge is 2.23. The molecule has 0 amide bonds. The number of benzene rings is 2. The van der Waals surface area contributed by atoms with Gasteiger partial charge in [-0.05, 0) is 42.7 Å². The van der Waals surface area contributed by atoms with E-state index in [0.717, 1.165) is 35.4 Å². The second-order valence-corrected chi connectivity index (χ2v) is 7.02. The van der Waals surface area contributed by atoms with Crippen molar-refractivity contribution in [1.29, 1.82) is 5.26 Å². The molecule has 1 saturated carbocycles. The average molecular weight is 345 g/mol. The van der Waals surface area contributed by atoms with Crippen molar-refractivity contribution in [3.63, 3.8) is 0 Å². The molecular weight excluding hydrogens is 322 g/mol. The fraction of sp³-hybridized carbons (Fsp3) is 0.333. The van der Waals surface area contributed by atoms with Crippen molar-refractivity contribution in [1.82, 2.24) is 9.55 Å². The number of nitrogens with one attached hydrogen (secondary N) is 1. The Labute approximate surface area is 153 Å². The zero-order chi connectivity index (χ0) is 17.9. The SMILES string of the molecule is N#Cc1ccc(Cn2c(N[C@H]3CCCC[C@@H]3N)nc3ccccc32)cc1. The first-order valence-corrected chi connectivity index (χ1v) is 9.21. The topological polar surface area (TPSA) is 79.7 Å². The molecular formula is C21H23N5. The smallest absolute Gasteiger partial charge is 0.204 e. The van der Waals surface area contributed by atoms with Crippen LogP contribution in [0.25, 0.3) is 11.0 Å². The Morgan fingerprint density at radius 1 is 1.12 bits per heavy atom. The Bertz CT molecular complexity index is 935. The summed E-state index contributed by atoms with van der Waals surface area (Å²) in [6.45, 7) is 0.705. The Morgan fingerprint density at radius 2 is 1.88 bits per heavy atom. The van der Waals surface area contributed by atoms with Crippen LogP contribution in [-0.2, 0) is 6.54 Å². The monoisotopic (exact) mass is 345 g/mol. The third-order valence-corrected chi connectivity index (χ3v) is 5.21. The quantitative estimate of drug-likeness (QED) is 0.756. The van der Waals surface area contributed by atoms with Crippen LogP contribution < -0.4 is 11.1 Å². The van der Waals surface area contributed by atoms with E-state index in [1.54, 1.807) is 0 Å². The van der Waals surface area contributed by atoms with Crippen LogP contribution in [0.1, 0.15) is 36.8 Å². The summed E-state index contributed by atoms with van der Waals surface area (Å²) in [6.07, 6.45) is 4.57. The maximum atomic E-state index is 8.99. The molecule has 0 saturated heterocycles. The zero-order valence-electron chi connectivity index (χ0n) is 14.7. The zero-order valence-corrected chi connectivity index (χ0v) is 14.7. The molecule has 3 aromatic rings. The highest BCUT2D eigenvalue weighted by molar-refractivity contribution is 5.78. The molecule has 1 fully saturated rings. The second kappa shape index (κ2) is 7.19. The number of nitriles is 1. The number of nitrogens with zero attached hydrogens (tertiary/aromatic N) is 3. The number of aromatic nitrogens is 2. The molecule has 1 heterocycles. The van der Waals surface area contributed by atoms with Gasteiger partial charge >= 0.3 is 0 Å². The molecule has 3 N–H and O–H groups in total. The van der Waals surface area contributed by atoms with Crippen LogP contribution in [-0.4, -0.2) is 21.6 Å². The number of hydrogen-bond acceptors (Lipinski definition) is 4. The highest BCUT2D eigenvalue weighted by atomic mass is 15.2. The van der Waals surface area contributed by atoms with E-state index in [4.69, 9.17) is 16.0 Å². The molecule has 1 aliphatic rings. The third kappa shape index (κ3) is 3.29. The summed E-state index contributed by atoms with van der Waals surface area (Å²) >= 11 is 0. The van der Waals surface area contributed by atoms with Crippen molar-refractivity contribution in [3.8, 4) is 6.07 Å². The van der Waals surface area contributed by atoms with Gasteiger partial charge in [0.1, 0.15) is 0 Å². The molecule has 2 aromatic carbocycles. The van der Waals surface area contributed by atoms with Crippen LogP contribution in [0.3, 0.4) is 0 Å². The van der Waals surface area contributed by atoms with Gasteiger partial charge in [-0.2, -0.15) is 5.26 Å². The van der Waals surface area contributed by atoms with Crippen LogP contribution in [0.15, 0.2) is 48.5 Å². The molecule has 4 rings (SSSR count). The summed E-state index contributed by atoms with van der Waals surface area (Å²) < 4.78 is 2.21. The maximum Gasteiger partial charge on any atom is 0.204 e. The number of rotatable bonds is 4. The lowest BCUT2D eigenvalue weighted by Gasteiger charge is -2.29. The Hall–Kier alpha value is -2.84. The van der Waals surface area contributed by atoms with Crippen molar-refractivity contribution in [2.75, 3.05) is 5.32 Å². The predicted octanol–water partition coefficient (Wildman–Crippen LogP) is 3.64. The summed E-state index contributed by atoms with van der Waals surface area (Å²) in [5.74, 6) is 0.873. The van der Waals surface area contributed by atoms with Gasteiger partial charge in [-0.25, -0.2) is 4.98 Å². The number of para-hydroxylation sites is 2. The van der Waals surface area contributed by atoms with Crippen molar-refractivity contribution in [3.05, 3.63) is 59.7 Å². The van der Waals surface area contributed by atoms with Gasteiger partial charge in [0, 0.05) is 12.1 Å². The standard InChI is InChI=1S/C21H23N5/c22-13-15-9-11-16(12-10-15)14-26-20-8-4-3-7-19(20)25-21(26)24-18-6-2-1-5-17(18)23/h3-4,7-12,17-18H,1-2,5-6,14,23H2,(H,24,25)/t17-,18-/m0/s1.